The van der Waals surface area contributed by atoms with Gasteiger partial charge in [0.15, 0.2) is 6.61 Å². The molecule has 7 nitrogen and oxygen atoms in total. The summed E-state index contributed by atoms with van der Waals surface area (Å²) in [4.78, 5) is 28.1. The molecule has 0 saturated carbocycles. The van der Waals surface area contributed by atoms with E-state index in [-0.39, 0.29) is 18.4 Å². The van der Waals surface area contributed by atoms with E-state index in [0.29, 0.717) is 29.2 Å². The monoisotopic (exact) mass is 376 g/mol. The van der Waals surface area contributed by atoms with Gasteiger partial charge in [-0.05, 0) is 48.0 Å². The largest absolute Gasteiger partial charge is 0.484 e. The van der Waals surface area contributed by atoms with Gasteiger partial charge in [-0.25, -0.2) is 0 Å². The number of amides is 2. The molecule has 2 amide bonds. The fourth-order valence-electron chi connectivity index (χ4n) is 2.41. The molecule has 0 aliphatic heterocycles. The number of pyridine rings is 1. The lowest BCUT2D eigenvalue weighted by Gasteiger charge is -2.09. The van der Waals surface area contributed by atoms with Gasteiger partial charge in [-0.15, -0.1) is 0 Å². The molecule has 0 unspecified atom stereocenters. The van der Waals surface area contributed by atoms with Gasteiger partial charge < -0.3 is 21.1 Å². The highest BCUT2D eigenvalue weighted by Crippen LogP contribution is 2.19. The lowest BCUT2D eigenvalue weighted by Crippen LogP contribution is -2.28. The molecule has 4 N–H and O–H groups in total. The minimum absolute atomic E-state index is 0.119. The van der Waals surface area contributed by atoms with E-state index in [0.717, 1.165) is 5.56 Å². The van der Waals surface area contributed by atoms with Crippen molar-refractivity contribution in [1.82, 2.24) is 10.3 Å². The van der Waals surface area contributed by atoms with Gasteiger partial charge in [0.1, 0.15) is 5.75 Å². The molecule has 1 heterocycles. The number of nitrogens with two attached hydrogens (primary N) is 1. The first kappa shape index (κ1) is 18.9. The lowest BCUT2D eigenvalue weighted by molar-refractivity contribution is -0.123. The van der Waals surface area contributed by atoms with Crippen LogP contribution in [0.1, 0.15) is 15.9 Å². The van der Waals surface area contributed by atoms with Crippen molar-refractivity contribution in [1.29, 1.82) is 0 Å². The minimum Gasteiger partial charge on any atom is -0.484 e. The highest BCUT2D eigenvalue weighted by atomic mass is 16.5. The predicted octanol–water partition coefficient (Wildman–Crippen LogP) is 2.61. The van der Waals surface area contributed by atoms with Crippen LogP contribution in [0.2, 0.25) is 0 Å². The Morgan fingerprint density at radius 1 is 1.00 bits per heavy atom. The Hall–Kier alpha value is -3.87. The molecule has 3 aromatic rings. The number of carbonyl (C=O) groups excluding carboxylic acids is 2. The van der Waals surface area contributed by atoms with Crippen molar-refractivity contribution < 1.29 is 14.3 Å². The van der Waals surface area contributed by atoms with Crippen LogP contribution in [-0.2, 0) is 11.3 Å². The normalized spacial score (nSPS) is 10.1. The van der Waals surface area contributed by atoms with E-state index in [1.807, 2.05) is 12.1 Å². The number of benzene rings is 2. The minimum atomic E-state index is -0.279. The van der Waals surface area contributed by atoms with Gasteiger partial charge in [-0.2, -0.15) is 0 Å². The van der Waals surface area contributed by atoms with Crippen molar-refractivity contribution in [2.45, 2.75) is 6.54 Å². The third-order valence-electron chi connectivity index (χ3n) is 3.91. The van der Waals surface area contributed by atoms with Gasteiger partial charge in [-0.1, -0.05) is 18.2 Å². The summed E-state index contributed by atoms with van der Waals surface area (Å²) in [7, 11) is 0. The number of nitrogen functional groups attached to an aromatic ring is 1. The average Bonchev–Trinajstić information content (AvgIpc) is 2.73. The van der Waals surface area contributed by atoms with Crippen LogP contribution < -0.4 is 21.1 Å². The van der Waals surface area contributed by atoms with Crippen molar-refractivity contribution in [2.24, 2.45) is 0 Å². The highest BCUT2D eigenvalue weighted by molar-refractivity contribution is 6.05. The summed E-state index contributed by atoms with van der Waals surface area (Å²) in [5, 5.41) is 5.51. The van der Waals surface area contributed by atoms with Crippen LogP contribution in [0.25, 0.3) is 0 Å². The second kappa shape index (κ2) is 9.18. The molecule has 1 aromatic heterocycles. The van der Waals surface area contributed by atoms with E-state index in [1.54, 1.807) is 60.9 Å². The number of nitrogens with zero attached hydrogens (tertiary/aromatic N) is 1. The van der Waals surface area contributed by atoms with Crippen LogP contribution in [0, 0.1) is 0 Å². The van der Waals surface area contributed by atoms with Crippen molar-refractivity contribution >= 4 is 23.2 Å². The van der Waals surface area contributed by atoms with E-state index in [2.05, 4.69) is 15.6 Å². The smallest absolute Gasteiger partial charge is 0.258 e. The van der Waals surface area contributed by atoms with E-state index in [1.165, 1.54) is 0 Å². The summed E-state index contributed by atoms with van der Waals surface area (Å²) < 4.78 is 5.45. The Bertz CT molecular complexity index is 943. The third kappa shape index (κ3) is 5.31. The van der Waals surface area contributed by atoms with Crippen LogP contribution in [0.15, 0.2) is 73.1 Å². The maximum atomic E-state index is 12.3. The number of aromatic nitrogens is 1. The van der Waals surface area contributed by atoms with E-state index >= 15 is 0 Å². The predicted molar refractivity (Wildman–Crippen MR) is 107 cm³/mol. The fraction of sp³-hybridized carbons (Fsp3) is 0.0952. The molecule has 0 fully saturated rings. The maximum absolute atomic E-state index is 12.3. The summed E-state index contributed by atoms with van der Waals surface area (Å²) >= 11 is 0. The lowest BCUT2D eigenvalue weighted by atomic mass is 10.2. The van der Waals surface area contributed by atoms with Gasteiger partial charge in [0.2, 0.25) is 0 Å². The molecule has 0 saturated heterocycles. The number of hydrogen-bond donors (Lipinski definition) is 3. The molecule has 28 heavy (non-hydrogen) atoms. The number of hydrogen-bond acceptors (Lipinski definition) is 5. The summed E-state index contributed by atoms with van der Waals surface area (Å²) in [6.45, 7) is 0.268. The second-order valence-corrected chi connectivity index (χ2v) is 5.99. The van der Waals surface area contributed by atoms with Crippen molar-refractivity contribution in [3.63, 3.8) is 0 Å². The van der Waals surface area contributed by atoms with Crippen LogP contribution in [-0.4, -0.2) is 23.4 Å². The summed E-state index contributed by atoms with van der Waals surface area (Å²) in [6.07, 6.45) is 3.36. The SMILES string of the molecule is Nc1ccccc1NC(=O)c1ccc(OCC(=O)NCc2cccnc2)cc1. The standard InChI is InChI=1S/C21H20N4O3/c22-18-5-1-2-6-19(18)25-21(27)16-7-9-17(10-8-16)28-14-20(26)24-13-15-4-3-11-23-12-15/h1-12H,13-14,22H2,(H,24,26)(H,25,27). The molecule has 0 atom stereocenters. The van der Waals surface area contributed by atoms with Gasteiger partial charge in [0, 0.05) is 24.5 Å². The zero-order valence-corrected chi connectivity index (χ0v) is 15.1. The Kier molecular flexibility index (Phi) is 6.20. The Morgan fingerprint density at radius 3 is 2.50 bits per heavy atom. The third-order valence-corrected chi connectivity index (χ3v) is 3.91. The number of anilines is 2. The summed E-state index contributed by atoms with van der Waals surface area (Å²) in [6, 6.07) is 17.2. The number of ether oxygens (including phenoxy) is 1. The quantitative estimate of drug-likeness (QED) is 0.550. The molecule has 2 aromatic carbocycles. The number of para-hydroxylation sites is 2. The van der Waals surface area contributed by atoms with Gasteiger partial charge in [-0.3, -0.25) is 14.6 Å². The molecular weight excluding hydrogens is 356 g/mol. The van der Waals surface area contributed by atoms with Gasteiger partial charge in [0.25, 0.3) is 11.8 Å². The zero-order valence-electron chi connectivity index (χ0n) is 15.1. The Morgan fingerprint density at radius 2 is 1.79 bits per heavy atom. The Balaban J connectivity index is 1.48. The number of carbonyl (C=O) groups is 2. The first-order valence-corrected chi connectivity index (χ1v) is 8.66. The summed E-state index contributed by atoms with van der Waals surface area (Å²) in [5.74, 6) is -0.0313. The van der Waals surface area contributed by atoms with Gasteiger partial charge >= 0.3 is 0 Å². The fourth-order valence-corrected chi connectivity index (χ4v) is 2.41. The van der Waals surface area contributed by atoms with E-state index < -0.39 is 0 Å². The van der Waals surface area contributed by atoms with Crippen molar-refractivity contribution in [3.05, 3.63) is 84.2 Å². The van der Waals surface area contributed by atoms with E-state index in [9.17, 15) is 9.59 Å². The maximum Gasteiger partial charge on any atom is 0.258 e. The molecule has 0 aliphatic carbocycles. The molecule has 7 heteroatoms. The van der Waals surface area contributed by atoms with E-state index in [4.69, 9.17) is 10.5 Å². The van der Waals surface area contributed by atoms with Crippen molar-refractivity contribution in [2.75, 3.05) is 17.7 Å². The second-order valence-electron chi connectivity index (χ2n) is 5.99. The van der Waals surface area contributed by atoms with Crippen LogP contribution in [0.4, 0.5) is 11.4 Å². The van der Waals surface area contributed by atoms with Crippen LogP contribution in [0.5, 0.6) is 5.75 Å². The number of nitrogens with one attached hydrogen (secondary N) is 2. The molecule has 0 bridgehead atoms. The van der Waals surface area contributed by atoms with Gasteiger partial charge in [0.05, 0.1) is 11.4 Å². The average molecular weight is 376 g/mol. The van der Waals surface area contributed by atoms with Crippen LogP contribution in [0.3, 0.4) is 0 Å². The van der Waals surface area contributed by atoms with Crippen LogP contribution >= 0.6 is 0 Å². The first-order valence-electron chi connectivity index (χ1n) is 8.66. The molecular formula is C21H20N4O3. The first-order chi connectivity index (χ1) is 13.6. The summed E-state index contributed by atoms with van der Waals surface area (Å²) in [5.41, 5.74) is 8.23. The molecule has 3 rings (SSSR count). The molecule has 0 radical (unpaired) electrons. The van der Waals surface area contributed by atoms with Crippen molar-refractivity contribution in [3.8, 4) is 5.75 Å². The Labute approximate surface area is 162 Å². The number of rotatable bonds is 7. The molecule has 142 valence electrons. The topological polar surface area (TPSA) is 106 Å². The zero-order chi connectivity index (χ0) is 19.8. The molecule has 0 aliphatic rings. The molecule has 0 spiro atoms. The highest BCUT2D eigenvalue weighted by Gasteiger charge is 2.09.